The molecular formula is C19H25N3O4. The zero-order valence-electron chi connectivity index (χ0n) is 15.2. The smallest absolute Gasteiger partial charge is 0.356 e. The maximum Gasteiger partial charge on any atom is 0.356 e. The third-order valence-electron chi connectivity index (χ3n) is 4.30. The molecule has 1 aromatic carbocycles. The molecule has 0 radical (unpaired) electrons. The van der Waals surface area contributed by atoms with Crippen molar-refractivity contribution in [2.75, 3.05) is 13.2 Å². The highest BCUT2D eigenvalue weighted by atomic mass is 16.5. The van der Waals surface area contributed by atoms with Crippen molar-refractivity contribution in [3.63, 3.8) is 0 Å². The minimum Gasteiger partial charge on any atom is -0.494 e. The van der Waals surface area contributed by atoms with Gasteiger partial charge in [0, 0.05) is 19.1 Å². The first kappa shape index (κ1) is 18.3. The Hall–Kier alpha value is -2.54. The van der Waals surface area contributed by atoms with Crippen molar-refractivity contribution in [1.82, 2.24) is 14.9 Å². The third-order valence-corrected chi connectivity index (χ3v) is 4.30. The van der Waals surface area contributed by atoms with E-state index in [2.05, 4.69) is 20.9 Å². The molecule has 140 valence electrons. The molecule has 1 heterocycles. The topological polar surface area (TPSA) is 87.4 Å². The van der Waals surface area contributed by atoms with Crippen LogP contribution in [0.25, 0.3) is 0 Å². The molecular weight excluding hydrogens is 334 g/mol. The summed E-state index contributed by atoms with van der Waals surface area (Å²) in [7, 11) is 0. The van der Waals surface area contributed by atoms with Gasteiger partial charge in [-0.1, -0.05) is 12.1 Å². The van der Waals surface area contributed by atoms with Gasteiger partial charge < -0.3 is 14.5 Å². The molecule has 1 aliphatic rings. The Morgan fingerprint density at radius 1 is 1.19 bits per heavy atom. The third kappa shape index (κ3) is 4.54. The van der Waals surface area contributed by atoms with Crippen molar-refractivity contribution in [2.24, 2.45) is 0 Å². The number of benzene rings is 1. The van der Waals surface area contributed by atoms with Gasteiger partial charge in [-0.05, 0) is 44.4 Å². The zero-order chi connectivity index (χ0) is 18.5. The molecule has 0 amide bonds. The molecule has 0 spiro atoms. The number of esters is 1. The number of nitrogens with one attached hydrogen (secondary N) is 2. The number of nitrogens with zero attached hydrogens (tertiary/aromatic N) is 1. The lowest BCUT2D eigenvalue weighted by Gasteiger charge is -2.22. The number of carbonyl (C=O) groups is 1. The maximum absolute atomic E-state index is 12.1. The number of aromatic amines is 2. The molecule has 1 saturated carbocycles. The van der Waals surface area contributed by atoms with Crippen LogP contribution in [0.5, 0.6) is 5.75 Å². The van der Waals surface area contributed by atoms with Gasteiger partial charge in [-0.3, -0.25) is 9.88 Å². The van der Waals surface area contributed by atoms with E-state index in [-0.39, 0.29) is 12.3 Å². The summed E-state index contributed by atoms with van der Waals surface area (Å²) in [5, 5.41) is 0. The first-order valence-electron chi connectivity index (χ1n) is 9.04. The van der Waals surface area contributed by atoms with Gasteiger partial charge in [-0.15, -0.1) is 0 Å². The Labute approximate surface area is 152 Å². The van der Waals surface area contributed by atoms with Crippen LogP contribution in [0.3, 0.4) is 0 Å². The number of H-pyrrole nitrogens is 2. The van der Waals surface area contributed by atoms with Crippen molar-refractivity contribution < 1.29 is 14.3 Å². The summed E-state index contributed by atoms with van der Waals surface area (Å²) in [5.74, 6) is 0.345. The highest BCUT2D eigenvalue weighted by Gasteiger charge is 2.31. The van der Waals surface area contributed by atoms with Gasteiger partial charge in [0.25, 0.3) is 0 Å². The van der Waals surface area contributed by atoms with E-state index < -0.39 is 11.7 Å². The van der Waals surface area contributed by atoms with Gasteiger partial charge in [-0.2, -0.15) is 0 Å². The molecule has 0 atom stereocenters. The van der Waals surface area contributed by atoms with Crippen LogP contribution < -0.4 is 10.4 Å². The highest BCUT2D eigenvalue weighted by molar-refractivity contribution is 5.88. The lowest BCUT2D eigenvalue weighted by molar-refractivity contribution is 0.0517. The van der Waals surface area contributed by atoms with Crippen molar-refractivity contribution >= 4 is 5.97 Å². The number of aromatic nitrogens is 2. The molecule has 2 N–H and O–H groups in total. The fourth-order valence-electron chi connectivity index (χ4n) is 3.01. The fraction of sp³-hybridized carbons (Fsp3) is 0.474. The van der Waals surface area contributed by atoms with Gasteiger partial charge in [0.1, 0.15) is 11.4 Å². The summed E-state index contributed by atoms with van der Waals surface area (Å²) in [6, 6.07) is 8.47. The van der Waals surface area contributed by atoms with E-state index in [0.717, 1.165) is 30.7 Å². The molecule has 0 unspecified atom stereocenters. The van der Waals surface area contributed by atoms with Crippen molar-refractivity contribution in [3.05, 3.63) is 51.7 Å². The predicted molar refractivity (Wildman–Crippen MR) is 97.2 cm³/mol. The maximum atomic E-state index is 12.1. The normalized spacial score (nSPS) is 13.8. The SMILES string of the molecule is CCOC(=O)c1[nH]c(=O)[nH]c1CN(Cc1cccc(OCC)c1)C1CC1. The summed E-state index contributed by atoms with van der Waals surface area (Å²) in [5.41, 5.74) is 1.53. The van der Waals surface area contributed by atoms with Gasteiger partial charge >= 0.3 is 11.7 Å². The minimum atomic E-state index is -0.505. The Bertz CT molecular complexity index is 807. The van der Waals surface area contributed by atoms with E-state index in [4.69, 9.17) is 9.47 Å². The summed E-state index contributed by atoms with van der Waals surface area (Å²) in [6.07, 6.45) is 2.24. The van der Waals surface area contributed by atoms with E-state index in [0.29, 0.717) is 24.9 Å². The molecule has 0 saturated heterocycles. The van der Waals surface area contributed by atoms with Crippen molar-refractivity contribution in [1.29, 1.82) is 0 Å². The Kier molecular flexibility index (Phi) is 5.78. The van der Waals surface area contributed by atoms with Gasteiger partial charge in [-0.25, -0.2) is 9.59 Å². The first-order chi connectivity index (χ1) is 12.6. The van der Waals surface area contributed by atoms with Crippen LogP contribution in [-0.4, -0.2) is 40.1 Å². The van der Waals surface area contributed by atoms with Crippen LogP contribution in [0.15, 0.2) is 29.1 Å². The second kappa shape index (κ2) is 8.23. The van der Waals surface area contributed by atoms with Crippen LogP contribution in [0.2, 0.25) is 0 Å². The predicted octanol–water partition coefficient (Wildman–Crippen LogP) is 2.44. The number of ether oxygens (including phenoxy) is 2. The van der Waals surface area contributed by atoms with Crippen LogP contribution in [-0.2, 0) is 17.8 Å². The summed E-state index contributed by atoms with van der Waals surface area (Å²) in [4.78, 5) is 31.3. The Morgan fingerprint density at radius 2 is 2.00 bits per heavy atom. The molecule has 26 heavy (non-hydrogen) atoms. The molecule has 3 rings (SSSR count). The number of hydrogen-bond acceptors (Lipinski definition) is 5. The molecule has 0 bridgehead atoms. The Balaban J connectivity index is 1.77. The van der Waals surface area contributed by atoms with Crippen LogP contribution in [0.4, 0.5) is 0 Å². The lowest BCUT2D eigenvalue weighted by Crippen LogP contribution is -2.26. The van der Waals surface area contributed by atoms with Gasteiger partial charge in [0.05, 0.1) is 18.9 Å². The number of rotatable bonds is 9. The number of hydrogen-bond donors (Lipinski definition) is 2. The summed E-state index contributed by atoms with van der Waals surface area (Å²) < 4.78 is 10.6. The molecule has 7 heteroatoms. The Morgan fingerprint density at radius 3 is 2.69 bits per heavy atom. The van der Waals surface area contributed by atoms with Gasteiger partial charge in [0.2, 0.25) is 0 Å². The average molecular weight is 359 g/mol. The highest BCUT2D eigenvalue weighted by Crippen LogP contribution is 2.30. The van der Waals surface area contributed by atoms with Crippen LogP contribution in [0, 0.1) is 0 Å². The van der Waals surface area contributed by atoms with E-state index in [1.165, 1.54) is 0 Å². The summed E-state index contributed by atoms with van der Waals surface area (Å²) >= 11 is 0. The van der Waals surface area contributed by atoms with Crippen LogP contribution >= 0.6 is 0 Å². The molecule has 1 aromatic heterocycles. The zero-order valence-corrected chi connectivity index (χ0v) is 15.2. The second-order valence-electron chi connectivity index (χ2n) is 6.37. The quantitative estimate of drug-likeness (QED) is 0.672. The molecule has 1 fully saturated rings. The largest absolute Gasteiger partial charge is 0.494 e. The van der Waals surface area contributed by atoms with E-state index in [9.17, 15) is 9.59 Å². The monoisotopic (exact) mass is 359 g/mol. The van der Waals surface area contributed by atoms with Crippen LogP contribution in [0.1, 0.15) is 48.4 Å². The van der Waals surface area contributed by atoms with E-state index >= 15 is 0 Å². The average Bonchev–Trinajstić information content (AvgIpc) is 3.39. The van der Waals surface area contributed by atoms with E-state index in [1.54, 1.807) is 6.92 Å². The van der Waals surface area contributed by atoms with Gasteiger partial charge in [0.15, 0.2) is 0 Å². The van der Waals surface area contributed by atoms with Crippen molar-refractivity contribution in [2.45, 2.75) is 45.8 Å². The lowest BCUT2D eigenvalue weighted by atomic mass is 10.2. The summed E-state index contributed by atoms with van der Waals surface area (Å²) in [6.45, 7) is 5.80. The number of imidazole rings is 1. The standard InChI is InChI=1S/C19H25N3O4/c1-3-25-15-7-5-6-13(10-15)11-22(14-8-9-14)12-16-17(18(23)26-4-2)21-19(24)20-16/h5-7,10,14H,3-4,8-9,11-12H2,1-2H3,(H2,20,21,24). The first-order valence-corrected chi connectivity index (χ1v) is 9.04. The fourth-order valence-corrected chi connectivity index (χ4v) is 3.01. The second-order valence-corrected chi connectivity index (χ2v) is 6.37. The number of carbonyl (C=O) groups excluding carboxylic acids is 1. The van der Waals surface area contributed by atoms with E-state index in [1.807, 2.05) is 25.1 Å². The molecule has 1 aliphatic carbocycles. The molecule has 7 nitrogen and oxygen atoms in total. The molecule has 0 aliphatic heterocycles. The van der Waals surface area contributed by atoms with Crippen molar-refractivity contribution in [3.8, 4) is 5.75 Å². The molecule has 2 aromatic rings. The minimum absolute atomic E-state index is 0.213.